The molecular formula is C18H31NOS. The standard InChI is InChI=1S/C18H31NOS/c1-3-12-19-17(14-16-9-13-21-15-16)18(20-4-2)10-7-5-6-8-11-18/h9,13,15,17,19H,3-8,10-12,14H2,1-2H3. The van der Waals surface area contributed by atoms with Crippen molar-refractivity contribution in [2.24, 2.45) is 0 Å². The van der Waals surface area contributed by atoms with E-state index in [0.29, 0.717) is 6.04 Å². The van der Waals surface area contributed by atoms with E-state index >= 15 is 0 Å². The van der Waals surface area contributed by atoms with Gasteiger partial charge in [0.2, 0.25) is 0 Å². The molecule has 120 valence electrons. The van der Waals surface area contributed by atoms with Crippen LogP contribution in [0.2, 0.25) is 0 Å². The second kappa shape index (κ2) is 8.92. The zero-order valence-corrected chi connectivity index (χ0v) is 14.5. The van der Waals surface area contributed by atoms with Crippen LogP contribution in [0.4, 0.5) is 0 Å². The van der Waals surface area contributed by atoms with Gasteiger partial charge in [-0.25, -0.2) is 0 Å². The van der Waals surface area contributed by atoms with Gasteiger partial charge in [0.15, 0.2) is 0 Å². The van der Waals surface area contributed by atoms with Crippen molar-refractivity contribution in [2.45, 2.75) is 76.9 Å². The Morgan fingerprint density at radius 1 is 1.24 bits per heavy atom. The number of thiophene rings is 1. The van der Waals surface area contributed by atoms with Crippen molar-refractivity contribution in [1.29, 1.82) is 0 Å². The highest BCUT2D eigenvalue weighted by atomic mass is 32.1. The summed E-state index contributed by atoms with van der Waals surface area (Å²) in [5.74, 6) is 0. The lowest BCUT2D eigenvalue weighted by Crippen LogP contribution is -2.54. The van der Waals surface area contributed by atoms with Crippen LogP contribution in [0.15, 0.2) is 16.8 Å². The van der Waals surface area contributed by atoms with Crippen LogP contribution in [-0.2, 0) is 11.2 Å². The summed E-state index contributed by atoms with van der Waals surface area (Å²) in [7, 11) is 0. The molecular weight excluding hydrogens is 278 g/mol. The molecule has 1 aliphatic carbocycles. The smallest absolute Gasteiger partial charge is 0.0837 e. The molecule has 1 N–H and O–H groups in total. The van der Waals surface area contributed by atoms with Crippen molar-refractivity contribution in [3.8, 4) is 0 Å². The summed E-state index contributed by atoms with van der Waals surface area (Å²) in [5, 5.41) is 8.29. The van der Waals surface area contributed by atoms with Crippen LogP contribution < -0.4 is 5.32 Å². The molecule has 0 aliphatic heterocycles. The Hall–Kier alpha value is -0.380. The van der Waals surface area contributed by atoms with Gasteiger partial charge in [0.25, 0.3) is 0 Å². The maximum absolute atomic E-state index is 6.40. The van der Waals surface area contributed by atoms with E-state index in [-0.39, 0.29) is 5.60 Å². The van der Waals surface area contributed by atoms with Gasteiger partial charge in [0.05, 0.1) is 5.60 Å². The van der Waals surface area contributed by atoms with Crippen LogP contribution in [0.5, 0.6) is 0 Å². The second-order valence-electron chi connectivity index (χ2n) is 6.25. The van der Waals surface area contributed by atoms with Crippen molar-refractivity contribution in [3.05, 3.63) is 22.4 Å². The first-order chi connectivity index (χ1) is 10.3. The van der Waals surface area contributed by atoms with Gasteiger partial charge >= 0.3 is 0 Å². The maximum atomic E-state index is 6.40. The molecule has 1 saturated carbocycles. The minimum atomic E-state index is 0.0440. The molecule has 0 aromatic carbocycles. The first-order valence-corrected chi connectivity index (χ1v) is 9.63. The molecule has 1 unspecified atom stereocenters. The lowest BCUT2D eigenvalue weighted by molar-refractivity contribution is -0.0766. The number of nitrogens with one attached hydrogen (secondary N) is 1. The fourth-order valence-corrected chi connectivity index (χ4v) is 4.30. The summed E-state index contributed by atoms with van der Waals surface area (Å²) < 4.78 is 6.40. The van der Waals surface area contributed by atoms with E-state index in [1.54, 1.807) is 11.3 Å². The van der Waals surface area contributed by atoms with E-state index in [4.69, 9.17) is 4.74 Å². The Bertz CT molecular complexity index is 369. The Balaban J connectivity index is 2.15. The largest absolute Gasteiger partial charge is 0.374 e. The van der Waals surface area contributed by atoms with Crippen LogP contribution in [0.25, 0.3) is 0 Å². The highest BCUT2D eigenvalue weighted by Gasteiger charge is 2.39. The molecule has 1 aromatic rings. The third-order valence-electron chi connectivity index (χ3n) is 4.68. The zero-order chi connectivity index (χ0) is 15.0. The van der Waals surface area contributed by atoms with E-state index in [1.165, 1.54) is 50.5 Å². The van der Waals surface area contributed by atoms with Gasteiger partial charge < -0.3 is 10.1 Å². The number of rotatable bonds is 8. The summed E-state index contributed by atoms with van der Waals surface area (Å²) in [6.07, 6.45) is 10.1. The molecule has 1 atom stereocenters. The summed E-state index contributed by atoms with van der Waals surface area (Å²) in [5.41, 5.74) is 1.50. The van der Waals surface area contributed by atoms with E-state index in [0.717, 1.165) is 19.6 Å². The monoisotopic (exact) mass is 309 g/mol. The van der Waals surface area contributed by atoms with Crippen molar-refractivity contribution in [1.82, 2.24) is 5.32 Å². The molecule has 0 amide bonds. The molecule has 1 aliphatic rings. The SMILES string of the molecule is CCCNC(Cc1ccsc1)C1(OCC)CCCCCC1. The average molecular weight is 310 g/mol. The summed E-state index contributed by atoms with van der Waals surface area (Å²) in [6.45, 7) is 6.31. The van der Waals surface area contributed by atoms with Crippen molar-refractivity contribution in [2.75, 3.05) is 13.2 Å². The minimum Gasteiger partial charge on any atom is -0.374 e. The summed E-state index contributed by atoms with van der Waals surface area (Å²) in [4.78, 5) is 0. The molecule has 21 heavy (non-hydrogen) atoms. The molecule has 0 spiro atoms. The summed E-state index contributed by atoms with van der Waals surface area (Å²) in [6, 6.07) is 2.71. The molecule has 2 nitrogen and oxygen atoms in total. The highest BCUT2D eigenvalue weighted by Crippen LogP contribution is 2.35. The topological polar surface area (TPSA) is 21.3 Å². The maximum Gasteiger partial charge on any atom is 0.0837 e. The fraction of sp³-hybridized carbons (Fsp3) is 0.778. The molecule has 3 heteroatoms. The fourth-order valence-electron chi connectivity index (χ4n) is 3.62. The first kappa shape index (κ1) is 17.0. The molecule has 1 fully saturated rings. The predicted octanol–water partition coefficient (Wildman–Crippen LogP) is 4.79. The van der Waals surface area contributed by atoms with Gasteiger partial charge in [-0.2, -0.15) is 11.3 Å². The normalized spacial score (nSPS) is 20.1. The van der Waals surface area contributed by atoms with Gasteiger partial charge in [0.1, 0.15) is 0 Å². The first-order valence-electron chi connectivity index (χ1n) is 8.69. The van der Waals surface area contributed by atoms with Crippen molar-refractivity contribution < 1.29 is 4.74 Å². The Kier molecular flexibility index (Phi) is 7.21. The lowest BCUT2D eigenvalue weighted by Gasteiger charge is -2.41. The molecule has 0 bridgehead atoms. The third-order valence-corrected chi connectivity index (χ3v) is 5.41. The molecule has 1 aromatic heterocycles. The van der Waals surface area contributed by atoms with Gasteiger partial charge in [-0.3, -0.25) is 0 Å². The molecule has 2 rings (SSSR count). The second-order valence-corrected chi connectivity index (χ2v) is 7.03. The summed E-state index contributed by atoms with van der Waals surface area (Å²) >= 11 is 1.80. The predicted molar refractivity (Wildman–Crippen MR) is 92.2 cm³/mol. The number of hydrogen-bond donors (Lipinski definition) is 1. The van der Waals surface area contributed by atoms with Crippen LogP contribution in [0.1, 0.15) is 64.4 Å². The lowest BCUT2D eigenvalue weighted by atomic mass is 9.83. The molecule has 1 heterocycles. The van der Waals surface area contributed by atoms with Crippen molar-refractivity contribution >= 4 is 11.3 Å². The Morgan fingerprint density at radius 2 is 2.00 bits per heavy atom. The van der Waals surface area contributed by atoms with E-state index in [1.807, 2.05) is 0 Å². The molecule has 0 saturated heterocycles. The van der Waals surface area contributed by atoms with Crippen LogP contribution in [-0.4, -0.2) is 24.8 Å². The quantitative estimate of drug-likeness (QED) is 0.697. The van der Waals surface area contributed by atoms with Crippen LogP contribution in [0, 0.1) is 0 Å². The highest BCUT2D eigenvalue weighted by molar-refractivity contribution is 7.07. The average Bonchev–Trinajstić information content (AvgIpc) is 2.89. The van der Waals surface area contributed by atoms with Crippen molar-refractivity contribution in [3.63, 3.8) is 0 Å². The van der Waals surface area contributed by atoms with Gasteiger partial charge in [-0.15, -0.1) is 0 Å². The number of hydrogen-bond acceptors (Lipinski definition) is 3. The van der Waals surface area contributed by atoms with Gasteiger partial charge in [-0.05, 0) is 61.5 Å². The Labute approximate surface area is 134 Å². The zero-order valence-electron chi connectivity index (χ0n) is 13.7. The van der Waals surface area contributed by atoms with E-state index in [9.17, 15) is 0 Å². The third kappa shape index (κ3) is 4.80. The number of ether oxygens (including phenoxy) is 1. The Morgan fingerprint density at radius 3 is 2.57 bits per heavy atom. The van der Waals surface area contributed by atoms with Crippen LogP contribution in [0.3, 0.4) is 0 Å². The van der Waals surface area contributed by atoms with E-state index < -0.39 is 0 Å². The van der Waals surface area contributed by atoms with Gasteiger partial charge in [0, 0.05) is 12.6 Å². The minimum absolute atomic E-state index is 0.0440. The molecule has 0 radical (unpaired) electrons. The van der Waals surface area contributed by atoms with E-state index in [2.05, 4.69) is 36.0 Å². The van der Waals surface area contributed by atoms with Crippen LogP contribution >= 0.6 is 11.3 Å². The van der Waals surface area contributed by atoms with Gasteiger partial charge in [-0.1, -0.05) is 32.6 Å².